The Bertz CT molecular complexity index is 1620. The van der Waals surface area contributed by atoms with Crippen molar-refractivity contribution in [3.05, 3.63) is 77.9 Å². The van der Waals surface area contributed by atoms with Gasteiger partial charge in [0.05, 0.1) is 7.11 Å². The van der Waals surface area contributed by atoms with E-state index in [4.69, 9.17) is 10.5 Å². The van der Waals surface area contributed by atoms with Crippen molar-refractivity contribution in [3.8, 4) is 11.5 Å². The first-order chi connectivity index (χ1) is 17.1. The van der Waals surface area contributed by atoms with E-state index in [1.165, 1.54) is 25.3 Å². The lowest BCUT2D eigenvalue weighted by molar-refractivity contribution is 0.102. The van der Waals surface area contributed by atoms with Crippen LogP contribution >= 0.6 is 0 Å². The van der Waals surface area contributed by atoms with Crippen molar-refractivity contribution in [2.45, 2.75) is 11.8 Å². The third kappa shape index (κ3) is 5.11. The molecule has 4 rings (SSSR count). The summed E-state index contributed by atoms with van der Waals surface area (Å²) >= 11 is 0. The van der Waals surface area contributed by atoms with Gasteiger partial charge in [-0.05, 0) is 78.5 Å². The molecule has 10 nitrogen and oxygen atoms in total. The quantitative estimate of drug-likeness (QED) is 0.155. The number of nitrogen functional groups attached to an aromatic ring is 1. The van der Waals surface area contributed by atoms with Crippen LogP contribution < -0.4 is 15.8 Å². The number of phenols is 1. The number of azo groups is 1. The van der Waals surface area contributed by atoms with E-state index in [9.17, 15) is 22.9 Å². The van der Waals surface area contributed by atoms with Crippen molar-refractivity contribution >= 4 is 49.5 Å². The van der Waals surface area contributed by atoms with E-state index in [0.29, 0.717) is 28.4 Å². The number of nitrogens with one attached hydrogen (secondary N) is 1. The highest BCUT2D eigenvalue weighted by Crippen LogP contribution is 2.42. The van der Waals surface area contributed by atoms with Gasteiger partial charge >= 0.3 is 0 Å². The van der Waals surface area contributed by atoms with Crippen molar-refractivity contribution in [2.24, 2.45) is 10.2 Å². The SMILES string of the molecule is COc1ccc(C)cc1N=Nc1c(S(=O)(=O)O)cc2cc(NC(=O)c3ccc(N)cc3)ccc2c1O. The van der Waals surface area contributed by atoms with E-state index < -0.39 is 32.4 Å². The summed E-state index contributed by atoms with van der Waals surface area (Å²) in [4.78, 5) is 11.9. The molecule has 0 heterocycles. The maximum atomic E-state index is 12.5. The van der Waals surface area contributed by atoms with Gasteiger partial charge < -0.3 is 20.9 Å². The van der Waals surface area contributed by atoms with E-state index in [1.807, 2.05) is 6.92 Å². The Morgan fingerprint density at radius 3 is 2.39 bits per heavy atom. The summed E-state index contributed by atoms with van der Waals surface area (Å²) < 4.78 is 39.4. The lowest BCUT2D eigenvalue weighted by Gasteiger charge is -2.11. The first-order valence-corrected chi connectivity index (χ1v) is 12.0. The molecule has 0 aromatic heterocycles. The molecule has 1 amide bonds. The number of nitrogens with two attached hydrogens (primary N) is 1. The fraction of sp³-hybridized carbons (Fsp3) is 0.0800. The van der Waals surface area contributed by atoms with Gasteiger partial charge in [-0.3, -0.25) is 9.35 Å². The molecule has 36 heavy (non-hydrogen) atoms. The number of fused-ring (bicyclic) bond motifs is 1. The predicted molar refractivity (Wildman–Crippen MR) is 136 cm³/mol. The fourth-order valence-electron chi connectivity index (χ4n) is 3.54. The molecule has 0 bridgehead atoms. The fourth-order valence-corrected chi connectivity index (χ4v) is 4.20. The van der Waals surface area contributed by atoms with Crippen LogP contribution in [-0.4, -0.2) is 31.1 Å². The molecule has 4 aromatic carbocycles. The van der Waals surface area contributed by atoms with Gasteiger partial charge in [0.15, 0.2) is 5.75 Å². The van der Waals surface area contributed by atoms with E-state index in [0.717, 1.165) is 11.6 Å². The molecule has 5 N–H and O–H groups in total. The third-order valence-corrected chi connectivity index (χ3v) is 6.22. The summed E-state index contributed by atoms with van der Waals surface area (Å²) in [6.07, 6.45) is 0. The Balaban J connectivity index is 1.77. The number of carbonyl (C=O) groups excluding carboxylic acids is 1. The maximum Gasteiger partial charge on any atom is 0.296 e. The number of carbonyl (C=O) groups is 1. The van der Waals surface area contributed by atoms with E-state index in [-0.39, 0.29) is 10.8 Å². The van der Waals surface area contributed by atoms with Crippen LogP contribution in [0.1, 0.15) is 15.9 Å². The number of amides is 1. The zero-order valence-electron chi connectivity index (χ0n) is 19.3. The van der Waals surface area contributed by atoms with Crippen LogP contribution in [0.3, 0.4) is 0 Å². The number of hydrogen-bond donors (Lipinski definition) is 4. The average molecular weight is 507 g/mol. The molecule has 0 unspecified atom stereocenters. The molecule has 0 aliphatic rings. The number of methoxy groups -OCH3 is 1. The van der Waals surface area contributed by atoms with Gasteiger partial charge in [-0.1, -0.05) is 6.07 Å². The Hall–Kier alpha value is -4.48. The molecule has 0 radical (unpaired) electrons. The lowest BCUT2D eigenvalue weighted by atomic mass is 10.1. The van der Waals surface area contributed by atoms with Crippen molar-refractivity contribution in [3.63, 3.8) is 0 Å². The summed E-state index contributed by atoms with van der Waals surface area (Å²) in [5, 5.41) is 22.0. The first-order valence-electron chi connectivity index (χ1n) is 10.6. The van der Waals surface area contributed by atoms with Crippen molar-refractivity contribution in [1.82, 2.24) is 0 Å². The number of benzene rings is 4. The molecule has 0 aliphatic carbocycles. The highest BCUT2D eigenvalue weighted by Gasteiger charge is 2.22. The van der Waals surface area contributed by atoms with E-state index in [1.54, 1.807) is 42.5 Å². The van der Waals surface area contributed by atoms with Gasteiger partial charge in [-0.25, -0.2) is 0 Å². The molecule has 0 spiro atoms. The van der Waals surface area contributed by atoms with Crippen LogP contribution in [0.15, 0.2) is 81.9 Å². The van der Waals surface area contributed by atoms with Crippen molar-refractivity contribution < 1.29 is 27.6 Å². The Morgan fingerprint density at radius 1 is 1.00 bits per heavy atom. The van der Waals surface area contributed by atoms with Crippen LogP contribution in [-0.2, 0) is 10.1 Å². The number of aryl methyl sites for hydroxylation is 1. The van der Waals surface area contributed by atoms with Crippen LogP contribution in [0.25, 0.3) is 10.8 Å². The molecule has 4 aromatic rings. The number of hydrogen-bond acceptors (Lipinski definition) is 8. The topological polar surface area (TPSA) is 164 Å². The zero-order chi connectivity index (χ0) is 26.0. The highest BCUT2D eigenvalue weighted by atomic mass is 32.2. The second-order valence-electron chi connectivity index (χ2n) is 7.93. The summed E-state index contributed by atoms with van der Waals surface area (Å²) in [7, 11) is -3.35. The lowest BCUT2D eigenvalue weighted by Crippen LogP contribution is -2.11. The number of ether oxygens (including phenoxy) is 1. The number of rotatable bonds is 6. The minimum absolute atomic E-state index is 0.234. The number of nitrogens with zero attached hydrogens (tertiary/aromatic N) is 2. The second kappa shape index (κ2) is 9.64. The maximum absolute atomic E-state index is 12.5. The van der Waals surface area contributed by atoms with Gasteiger partial charge in [-0.2, -0.15) is 8.42 Å². The predicted octanol–water partition coefficient (Wildman–Crippen LogP) is 5.36. The zero-order valence-corrected chi connectivity index (χ0v) is 20.1. The standard InChI is InChI=1S/C25H22N4O6S/c1-14-3-10-21(35-2)20(11-14)28-29-23-22(36(32,33)34)13-16-12-18(8-9-19(16)24(23)30)27-25(31)15-4-6-17(26)7-5-15/h3-13,30H,26H2,1-2H3,(H,27,31)(H,32,33,34). The highest BCUT2D eigenvalue weighted by molar-refractivity contribution is 7.86. The van der Waals surface area contributed by atoms with Crippen LogP contribution in [0.2, 0.25) is 0 Å². The van der Waals surface area contributed by atoms with Crippen molar-refractivity contribution in [2.75, 3.05) is 18.2 Å². The van der Waals surface area contributed by atoms with Gasteiger partial charge in [0.2, 0.25) is 0 Å². The van der Waals surface area contributed by atoms with Crippen molar-refractivity contribution in [1.29, 1.82) is 0 Å². The van der Waals surface area contributed by atoms with Gasteiger partial charge in [0, 0.05) is 22.3 Å². The minimum Gasteiger partial charge on any atom is -0.505 e. The Morgan fingerprint density at radius 2 is 1.72 bits per heavy atom. The number of anilines is 2. The molecule has 0 saturated carbocycles. The summed E-state index contributed by atoms with van der Waals surface area (Å²) in [6, 6.07) is 17.1. The van der Waals surface area contributed by atoms with Crippen LogP contribution in [0.5, 0.6) is 11.5 Å². The molecular formula is C25H22N4O6S. The summed E-state index contributed by atoms with van der Waals surface area (Å²) in [5.74, 6) is -0.530. The normalized spacial score (nSPS) is 11.6. The molecule has 0 aliphatic heterocycles. The van der Waals surface area contributed by atoms with Gasteiger partial charge in [-0.15, -0.1) is 10.2 Å². The molecule has 0 atom stereocenters. The smallest absolute Gasteiger partial charge is 0.296 e. The third-order valence-electron chi connectivity index (χ3n) is 5.35. The van der Waals surface area contributed by atoms with E-state index >= 15 is 0 Å². The number of phenolic OH excluding ortho intramolecular Hbond substituents is 1. The Labute approximate surface area is 206 Å². The molecule has 11 heteroatoms. The monoisotopic (exact) mass is 506 g/mol. The van der Waals surface area contributed by atoms with Gasteiger partial charge in [0.1, 0.15) is 22.0 Å². The Kier molecular flexibility index (Phi) is 6.60. The molecule has 0 saturated heterocycles. The molecule has 0 fully saturated rings. The largest absolute Gasteiger partial charge is 0.505 e. The molecule has 184 valence electrons. The van der Waals surface area contributed by atoms with Gasteiger partial charge in [0.25, 0.3) is 16.0 Å². The summed E-state index contributed by atoms with van der Waals surface area (Å²) in [6.45, 7) is 1.83. The van der Waals surface area contributed by atoms with Crippen LogP contribution in [0.4, 0.5) is 22.7 Å². The van der Waals surface area contributed by atoms with Crippen LogP contribution in [0, 0.1) is 6.92 Å². The molecular weight excluding hydrogens is 484 g/mol. The average Bonchev–Trinajstić information content (AvgIpc) is 2.83. The first kappa shape index (κ1) is 24.6. The second-order valence-corrected chi connectivity index (χ2v) is 9.32. The summed E-state index contributed by atoms with van der Waals surface area (Å²) in [5.41, 5.74) is 7.59. The minimum atomic E-state index is -4.80. The number of aromatic hydroxyl groups is 1. The van der Waals surface area contributed by atoms with E-state index in [2.05, 4.69) is 15.5 Å².